The molecule has 0 saturated heterocycles. The Morgan fingerprint density at radius 3 is 1.10 bits per heavy atom. The second-order valence-corrected chi connectivity index (χ2v) is 21.1. The van der Waals surface area contributed by atoms with Crippen LogP contribution in [0.25, 0.3) is 12.2 Å². The van der Waals surface area contributed by atoms with E-state index in [2.05, 4.69) is 6.58 Å². The number of benzene rings is 4. The Labute approximate surface area is 432 Å². The Bertz CT molecular complexity index is 2690. The first-order valence-corrected chi connectivity index (χ1v) is 24.4. The number of ketones is 2. The van der Waals surface area contributed by atoms with Gasteiger partial charge in [-0.3, -0.25) is 28.8 Å². The van der Waals surface area contributed by atoms with Crippen LogP contribution in [-0.2, 0) is 32.0 Å². The molecule has 0 fully saturated rings. The van der Waals surface area contributed by atoms with Crippen molar-refractivity contribution >= 4 is 47.6 Å². The molecule has 390 valence electrons. The Morgan fingerprint density at radius 2 is 0.795 bits per heavy atom. The maximum Gasteiger partial charge on any atom is 0.316 e. The fourth-order valence-corrected chi connectivity index (χ4v) is 5.91. The molecule has 4 aromatic carbocycles. The maximum absolute atomic E-state index is 12.8. The highest BCUT2D eigenvalue weighted by Gasteiger charge is 2.28. The standard InChI is InChI=1S/C31H38O6.C30H36O6/c1-9-11-12-22-19-23(26(35-10-2)20-27(22)37-29(34)31(6,7)8)15-18-25(32)21-13-16-24(17-14-21)36-28(33)30(3,4)5;1-9-11-21-18-22(25(34-10-2)19-26(21)36-28(33)30(6,7)8)14-17-24(31)20-12-15-23(16-13-20)35-27(32)29(3,4)5/h9,11,13-20H,10,12H2,1-8H3;9,12-19H,1,10-11H2,2-8H3/b11-9+,18-15+;17-14+. The summed E-state index contributed by atoms with van der Waals surface area (Å²) in [4.78, 5) is 74.8. The van der Waals surface area contributed by atoms with E-state index in [0.29, 0.717) is 82.8 Å². The summed E-state index contributed by atoms with van der Waals surface area (Å²) < 4.78 is 33.7. The van der Waals surface area contributed by atoms with Crippen molar-refractivity contribution in [2.75, 3.05) is 13.2 Å². The van der Waals surface area contributed by atoms with E-state index < -0.39 is 21.7 Å². The predicted octanol–water partition coefficient (Wildman–Crippen LogP) is 13.6. The van der Waals surface area contributed by atoms with Crippen molar-refractivity contribution in [3.63, 3.8) is 0 Å². The van der Waals surface area contributed by atoms with Gasteiger partial charge in [-0.15, -0.1) is 6.58 Å². The zero-order chi connectivity index (χ0) is 54.9. The van der Waals surface area contributed by atoms with Gasteiger partial charge in [-0.1, -0.05) is 18.2 Å². The molecule has 0 radical (unpaired) electrons. The lowest BCUT2D eigenvalue weighted by molar-refractivity contribution is -0.143. The van der Waals surface area contributed by atoms with Crippen molar-refractivity contribution in [3.05, 3.63) is 143 Å². The van der Waals surface area contributed by atoms with Crippen LogP contribution in [0.2, 0.25) is 0 Å². The van der Waals surface area contributed by atoms with E-state index in [1.54, 1.807) is 162 Å². The molecule has 12 nitrogen and oxygen atoms in total. The molecule has 0 unspecified atom stereocenters. The van der Waals surface area contributed by atoms with Crippen molar-refractivity contribution in [3.8, 4) is 34.5 Å². The number of carbonyl (C=O) groups excluding carboxylic acids is 6. The third kappa shape index (κ3) is 19.0. The molecule has 0 aromatic heterocycles. The molecule has 0 N–H and O–H groups in total. The normalized spacial score (nSPS) is 11.9. The van der Waals surface area contributed by atoms with Crippen LogP contribution >= 0.6 is 0 Å². The second-order valence-electron chi connectivity index (χ2n) is 21.1. The summed E-state index contributed by atoms with van der Waals surface area (Å²) in [7, 11) is 0. The van der Waals surface area contributed by atoms with Crippen LogP contribution in [0.5, 0.6) is 34.5 Å². The van der Waals surface area contributed by atoms with E-state index in [4.69, 9.17) is 28.4 Å². The fourth-order valence-electron chi connectivity index (χ4n) is 5.91. The van der Waals surface area contributed by atoms with E-state index in [-0.39, 0.29) is 35.4 Å². The molecule has 73 heavy (non-hydrogen) atoms. The van der Waals surface area contributed by atoms with Gasteiger partial charge in [0, 0.05) is 34.4 Å². The van der Waals surface area contributed by atoms with Gasteiger partial charge in [-0.25, -0.2) is 0 Å². The minimum absolute atomic E-state index is 0.214. The van der Waals surface area contributed by atoms with Gasteiger partial charge in [0.25, 0.3) is 0 Å². The van der Waals surface area contributed by atoms with Crippen LogP contribution in [0, 0.1) is 21.7 Å². The van der Waals surface area contributed by atoms with E-state index in [0.717, 1.165) is 11.1 Å². The topological polar surface area (TPSA) is 158 Å². The van der Waals surface area contributed by atoms with Gasteiger partial charge >= 0.3 is 23.9 Å². The number of hydrogen-bond donors (Lipinski definition) is 0. The van der Waals surface area contributed by atoms with Gasteiger partial charge < -0.3 is 28.4 Å². The van der Waals surface area contributed by atoms with Gasteiger partial charge in [-0.2, -0.15) is 0 Å². The SMILES string of the molecule is C/C=C/Cc1cc(/C=C/C(=O)c2ccc(OC(=O)C(C)(C)C)cc2)c(OCC)cc1OC(=O)C(C)(C)C.C=CCc1cc(/C=C/C(=O)c2ccc(OC(=O)C(C)(C)C)cc2)c(OCC)cc1OC(=O)C(C)(C)C. The lowest BCUT2D eigenvalue weighted by Gasteiger charge is -2.19. The van der Waals surface area contributed by atoms with Gasteiger partial charge in [0.1, 0.15) is 34.5 Å². The van der Waals surface area contributed by atoms with E-state index in [1.807, 2.05) is 45.1 Å². The summed E-state index contributed by atoms with van der Waals surface area (Å²) >= 11 is 0. The van der Waals surface area contributed by atoms with Crippen molar-refractivity contribution in [1.82, 2.24) is 0 Å². The minimum atomic E-state index is -0.664. The Kier molecular flexibility index (Phi) is 21.7. The average Bonchev–Trinajstić information content (AvgIpc) is 3.30. The summed E-state index contributed by atoms with van der Waals surface area (Å²) in [5.74, 6) is 0.778. The molecule has 0 amide bonds. The molecule has 12 heteroatoms. The Morgan fingerprint density at radius 1 is 0.466 bits per heavy atom. The van der Waals surface area contributed by atoms with Crippen molar-refractivity contribution in [2.24, 2.45) is 21.7 Å². The second kappa shape index (κ2) is 26.4. The van der Waals surface area contributed by atoms with Gasteiger partial charge in [-0.05, 0) is 213 Å². The summed E-state index contributed by atoms with van der Waals surface area (Å²) in [6, 6.07) is 19.9. The quantitative estimate of drug-likeness (QED) is 0.0306. The zero-order valence-corrected chi connectivity index (χ0v) is 45.4. The van der Waals surface area contributed by atoms with E-state index in [1.165, 1.54) is 12.2 Å². The van der Waals surface area contributed by atoms with Crippen molar-refractivity contribution in [1.29, 1.82) is 0 Å². The maximum atomic E-state index is 12.8. The highest BCUT2D eigenvalue weighted by atomic mass is 16.6. The lowest BCUT2D eigenvalue weighted by atomic mass is 9.97. The highest BCUT2D eigenvalue weighted by molar-refractivity contribution is 6.07. The molecule has 0 atom stereocenters. The van der Waals surface area contributed by atoms with E-state index in [9.17, 15) is 28.8 Å². The molecule has 0 aliphatic heterocycles. The first-order chi connectivity index (χ1) is 34.0. The van der Waals surface area contributed by atoms with Gasteiger partial charge in [0.05, 0.1) is 34.9 Å². The van der Waals surface area contributed by atoms with Gasteiger partial charge in [0.2, 0.25) is 0 Å². The third-order valence-electron chi connectivity index (χ3n) is 10.3. The number of ether oxygens (including phenoxy) is 6. The third-order valence-corrected chi connectivity index (χ3v) is 10.3. The Balaban J connectivity index is 0.000000385. The molecular weight excluding hydrogens is 925 g/mol. The molecular formula is C61H74O12. The van der Waals surface area contributed by atoms with Crippen LogP contribution in [0.1, 0.15) is 147 Å². The largest absolute Gasteiger partial charge is 0.493 e. The molecule has 0 aliphatic carbocycles. The molecule has 0 aliphatic rings. The van der Waals surface area contributed by atoms with E-state index >= 15 is 0 Å². The number of hydrogen-bond acceptors (Lipinski definition) is 12. The number of rotatable bonds is 18. The number of carbonyl (C=O) groups is 6. The zero-order valence-electron chi connectivity index (χ0n) is 45.4. The smallest absolute Gasteiger partial charge is 0.316 e. The summed E-state index contributed by atoms with van der Waals surface area (Å²) in [6.07, 6.45) is 12.9. The van der Waals surface area contributed by atoms with Gasteiger partial charge in [0.15, 0.2) is 11.6 Å². The summed E-state index contributed by atoms with van der Waals surface area (Å²) in [6.45, 7) is 31.6. The predicted molar refractivity (Wildman–Crippen MR) is 288 cm³/mol. The first-order valence-electron chi connectivity index (χ1n) is 24.4. The molecule has 0 heterocycles. The van der Waals surface area contributed by atoms with Crippen LogP contribution in [0.3, 0.4) is 0 Å². The minimum Gasteiger partial charge on any atom is -0.493 e. The highest BCUT2D eigenvalue weighted by Crippen LogP contribution is 2.35. The summed E-state index contributed by atoms with van der Waals surface area (Å²) in [5, 5.41) is 0. The van der Waals surface area contributed by atoms with Crippen molar-refractivity contribution in [2.45, 2.75) is 117 Å². The molecule has 0 spiro atoms. The van der Waals surface area contributed by atoms with Crippen LogP contribution in [0.4, 0.5) is 0 Å². The lowest BCUT2D eigenvalue weighted by Crippen LogP contribution is -2.26. The summed E-state index contributed by atoms with van der Waals surface area (Å²) in [5.41, 5.74) is 1.26. The number of allylic oxidation sites excluding steroid dienone is 5. The molecule has 0 bridgehead atoms. The molecule has 0 saturated carbocycles. The fraction of sp³-hybridized carbons (Fsp3) is 0.377. The monoisotopic (exact) mass is 999 g/mol. The van der Waals surface area contributed by atoms with Crippen LogP contribution in [0.15, 0.2) is 110 Å². The van der Waals surface area contributed by atoms with Crippen LogP contribution < -0.4 is 28.4 Å². The molecule has 4 rings (SSSR count). The van der Waals surface area contributed by atoms with Crippen LogP contribution in [-0.4, -0.2) is 48.7 Å². The van der Waals surface area contributed by atoms with Crippen molar-refractivity contribution < 1.29 is 57.2 Å². The molecule has 4 aromatic rings. The average molecular weight is 999 g/mol. The Hall–Kier alpha value is -7.34. The number of esters is 4. The first kappa shape index (κ1) is 60.0.